The molecule has 2 rings (SSSR count). The van der Waals surface area contributed by atoms with Crippen LogP contribution in [-0.4, -0.2) is 22.5 Å². The van der Waals surface area contributed by atoms with Crippen LogP contribution in [0.5, 0.6) is 0 Å². The number of carboxylic acid groups (broad SMARTS) is 1. The van der Waals surface area contributed by atoms with E-state index in [0.29, 0.717) is 13.0 Å². The van der Waals surface area contributed by atoms with Gasteiger partial charge in [0, 0.05) is 17.9 Å². The van der Waals surface area contributed by atoms with Gasteiger partial charge in [-0.15, -0.1) is 0 Å². The number of benzene rings is 1. The molecule has 0 atom stereocenters. The number of fused-ring (bicyclic) bond motifs is 1. The lowest BCUT2D eigenvalue weighted by atomic mass is 10.1. The Morgan fingerprint density at radius 1 is 1.39 bits per heavy atom. The monoisotopic (exact) mass is 244 g/mol. The highest BCUT2D eigenvalue weighted by molar-refractivity contribution is 5.89. The van der Waals surface area contributed by atoms with Crippen LogP contribution in [0.4, 0.5) is 5.82 Å². The number of aliphatic carboxylic acids is 1. The zero-order valence-electron chi connectivity index (χ0n) is 10.1. The van der Waals surface area contributed by atoms with E-state index in [2.05, 4.69) is 15.3 Å². The maximum absolute atomic E-state index is 10.3. The first-order valence-electron chi connectivity index (χ1n) is 5.82. The first-order chi connectivity index (χ1) is 8.66. The number of rotatable bonds is 5. The van der Waals surface area contributed by atoms with Crippen molar-refractivity contribution >= 4 is 22.7 Å². The molecule has 0 aliphatic rings. The van der Waals surface area contributed by atoms with Crippen molar-refractivity contribution in [3.63, 3.8) is 0 Å². The van der Waals surface area contributed by atoms with Crippen molar-refractivity contribution in [1.82, 2.24) is 9.97 Å². The Bertz CT molecular complexity index is 569. The van der Waals surface area contributed by atoms with Crippen molar-refractivity contribution in [2.24, 2.45) is 0 Å². The molecule has 0 fully saturated rings. The molecule has 1 N–H and O–H groups in total. The van der Waals surface area contributed by atoms with Gasteiger partial charge in [0.25, 0.3) is 0 Å². The fourth-order valence-electron chi connectivity index (χ4n) is 1.75. The lowest BCUT2D eigenvalue weighted by molar-refractivity contribution is -0.305. The molecule has 18 heavy (non-hydrogen) atoms. The average Bonchev–Trinajstić information content (AvgIpc) is 2.34. The number of hydrogen-bond donors (Lipinski definition) is 1. The first-order valence-corrected chi connectivity index (χ1v) is 5.82. The summed E-state index contributed by atoms with van der Waals surface area (Å²) in [6.07, 6.45) is 2.06. The summed E-state index contributed by atoms with van der Waals surface area (Å²) in [5.74, 6) is -0.290. The molecule has 2 aromatic rings. The summed E-state index contributed by atoms with van der Waals surface area (Å²) in [5.41, 5.74) is 2.01. The Labute approximate surface area is 105 Å². The quantitative estimate of drug-likeness (QED) is 0.790. The minimum atomic E-state index is -1.03. The van der Waals surface area contributed by atoms with E-state index in [1.807, 2.05) is 25.1 Å². The van der Waals surface area contributed by atoms with Crippen molar-refractivity contribution in [2.45, 2.75) is 19.8 Å². The highest BCUT2D eigenvalue weighted by Gasteiger charge is 2.02. The van der Waals surface area contributed by atoms with Crippen molar-refractivity contribution < 1.29 is 9.90 Å². The molecule has 0 spiro atoms. The third-order valence-corrected chi connectivity index (χ3v) is 2.64. The van der Waals surface area contributed by atoms with Crippen LogP contribution >= 0.6 is 0 Å². The van der Waals surface area contributed by atoms with Crippen molar-refractivity contribution in [2.75, 3.05) is 11.9 Å². The molecular weight excluding hydrogens is 230 g/mol. The van der Waals surface area contributed by atoms with E-state index in [0.717, 1.165) is 22.3 Å². The molecule has 0 aliphatic carbocycles. The second-order valence-corrected chi connectivity index (χ2v) is 4.15. The molecule has 0 saturated carbocycles. The number of hydrogen-bond acceptors (Lipinski definition) is 5. The maximum Gasteiger partial charge on any atom is 0.137 e. The highest BCUT2D eigenvalue weighted by atomic mass is 16.4. The maximum atomic E-state index is 10.3. The van der Waals surface area contributed by atoms with E-state index in [1.165, 1.54) is 6.33 Å². The molecule has 0 unspecified atom stereocenters. The molecule has 1 aromatic carbocycles. The average molecular weight is 244 g/mol. The van der Waals surface area contributed by atoms with Crippen LogP contribution in [0.1, 0.15) is 18.4 Å². The number of carbonyl (C=O) groups is 1. The Morgan fingerprint density at radius 3 is 3.00 bits per heavy atom. The van der Waals surface area contributed by atoms with Crippen LogP contribution in [0, 0.1) is 6.92 Å². The Balaban J connectivity index is 2.12. The van der Waals surface area contributed by atoms with Gasteiger partial charge in [-0.1, -0.05) is 11.6 Å². The third-order valence-electron chi connectivity index (χ3n) is 2.64. The summed E-state index contributed by atoms with van der Waals surface area (Å²) in [6, 6.07) is 5.95. The molecule has 1 heterocycles. The van der Waals surface area contributed by atoms with Gasteiger partial charge in [0.1, 0.15) is 12.1 Å². The Morgan fingerprint density at radius 2 is 2.22 bits per heavy atom. The number of nitrogens with one attached hydrogen (secondary N) is 1. The summed E-state index contributed by atoms with van der Waals surface area (Å²) in [5, 5.41) is 14.4. The van der Waals surface area contributed by atoms with E-state index in [9.17, 15) is 9.90 Å². The van der Waals surface area contributed by atoms with E-state index < -0.39 is 5.97 Å². The predicted octanol–water partition coefficient (Wildman–Crippen LogP) is 0.880. The van der Waals surface area contributed by atoms with Crippen LogP contribution in [0.25, 0.3) is 10.9 Å². The highest BCUT2D eigenvalue weighted by Crippen LogP contribution is 2.20. The molecule has 0 radical (unpaired) electrons. The van der Waals surface area contributed by atoms with Crippen molar-refractivity contribution in [1.29, 1.82) is 0 Å². The summed E-state index contributed by atoms with van der Waals surface area (Å²) < 4.78 is 0. The fourth-order valence-corrected chi connectivity index (χ4v) is 1.75. The van der Waals surface area contributed by atoms with Gasteiger partial charge in [-0.3, -0.25) is 0 Å². The van der Waals surface area contributed by atoms with Gasteiger partial charge >= 0.3 is 0 Å². The number of aryl methyl sites for hydroxylation is 1. The fraction of sp³-hybridized carbons (Fsp3) is 0.308. The molecule has 1 aromatic heterocycles. The largest absolute Gasteiger partial charge is 0.550 e. The lowest BCUT2D eigenvalue weighted by Crippen LogP contribution is -2.22. The molecule has 0 saturated heterocycles. The van der Waals surface area contributed by atoms with Crippen molar-refractivity contribution in [3.8, 4) is 0 Å². The second-order valence-electron chi connectivity index (χ2n) is 4.15. The smallest absolute Gasteiger partial charge is 0.137 e. The van der Waals surface area contributed by atoms with Gasteiger partial charge in [-0.25, -0.2) is 9.97 Å². The van der Waals surface area contributed by atoms with Crippen LogP contribution in [0.2, 0.25) is 0 Å². The Kier molecular flexibility index (Phi) is 3.72. The standard InChI is InChI=1S/C13H15N3O2/c1-9-4-5-11-10(7-9)13(16-8-15-11)14-6-2-3-12(17)18/h4-5,7-8H,2-3,6H2,1H3,(H,17,18)(H,14,15,16)/p-1. The van der Waals surface area contributed by atoms with Gasteiger partial charge < -0.3 is 15.2 Å². The van der Waals surface area contributed by atoms with E-state index in [4.69, 9.17) is 0 Å². The van der Waals surface area contributed by atoms with Gasteiger partial charge in [0.15, 0.2) is 0 Å². The second kappa shape index (κ2) is 5.44. The van der Waals surface area contributed by atoms with Crippen LogP contribution in [0.15, 0.2) is 24.5 Å². The van der Waals surface area contributed by atoms with Crippen molar-refractivity contribution in [3.05, 3.63) is 30.1 Å². The van der Waals surface area contributed by atoms with E-state index >= 15 is 0 Å². The minimum absolute atomic E-state index is 0.0506. The number of nitrogens with zero attached hydrogens (tertiary/aromatic N) is 2. The molecule has 5 nitrogen and oxygen atoms in total. The molecule has 0 aliphatic heterocycles. The molecule has 94 valence electrons. The number of aromatic nitrogens is 2. The predicted molar refractivity (Wildman–Crippen MR) is 67.0 cm³/mol. The van der Waals surface area contributed by atoms with Crippen LogP contribution in [0.3, 0.4) is 0 Å². The minimum Gasteiger partial charge on any atom is -0.550 e. The molecule has 0 amide bonds. The Hall–Kier alpha value is -2.17. The number of anilines is 1. The van der Waals surface area contributed by atoms with E-state index in [-0.39, 0.29) is 6.42 Å². The lowest BCUT2D eigenvalue weighted by Gasteiger charge is -2.08. The zero-order valence-corrected chi connectivity index (χ0v) is 10.1. The van der Waals surface area contributed by atoms with Crippen LogP contribution in [-0.2, 0) is 4.79 Å². The topological polar surface area (TPSA) is 77.9 Å². The molecule has 0 bridgehead atoms. The number of carbonyl (C=O) groups excluding carboxylic acids is 1. The summed E-state index contributed by atoms with van der Waals surface area (Å²) in [7, 11) is 0. The summed E-state index contributed by atoms with van der Waals surface area (Å²) in [6.45, 7) is 2.56. The third kappa shape index (κ3) is 2.94. The molecular formula is C13H14N3O2-. The normalized spacial score (nSPS) is 10.5. The summed E-state index contributed by atoms with van der Waals surface area (Å²) in [4.78, 5) is 18.7. The van der Waals surface area contributed by atoms with Gasteiger partial charge in [-0.2, -0.15) is 0 Å². The van der Waals surface area contributed by atoms with Gasteiger partial charge in [-0.05, 0) is 31.9 Å². The van der Waals surface area contributed by atoms with E-state index in [1.54, 1.807) is 0 Å². The molecule has 5 heteroatoms. The van der Waals surface area contributed by atoms with Gasteiger partial charge in [0.2, 0.25) is 0 Å². The SMILES string of the molecule is Cc1ccc2ncnc(NCCCC(=O)[O-])c2c1. The van der Waals surface area contributed by atoms with Crippen LogP contribution < -0.4 is 10.4 Å². The zero-order chi connectivity index (χ0) is 13.0. The first kappa shape index (κ1) is 12.3. The summed E-state index contributed by atoms with van der Waals surface area (Å²) >= 11 is 0. The van der Waals surface area contributed by atoms with Gasteiger partial charge in [0.05, 0.1) is 5.52 Å². The number of carboxylic acids is 1.